The molecule has 0 bridgehead atoms. The number of carbonyl (C=O) groups excluding carboxylic acids is 1. The van der Waals surface area contributed by atoms with Crippen LogP contribution in [0.25, 0.3) is 0 Å². The van der Waals surface area contributed by atoms with Gasteiger partial charge < -0.3 is 14.2 Å². The molecule has 4 nitrogen and oxygen atoms in total. The van der Waals surface area contributed by atoms with Crippen molar-refractivity contribution in [1.82, 2.24) is 0 Å². The van der Waals surface area contributed by atoms with E-state index in [9.17, 15) is 4.79 Å². The minimum absolute atomic E-state index is 0.225. The predicted octanol–water partition coefficient (Wildman–Crippen LogP) is 5.47. The molecule has 0 spiro atoms. The summed E-state index contributed by atoms with van der Waals surface area (Å²) in [6.45, 7) is 4.62. The lowest BCUT2D eigenvalue weighted by molar-refractivity contribution is -0.142. The Balaban J connectivity index is 1.74. The predicted molar refractivity (Wildman–Crippen MR) is 109 cm³/mol. The summed E-state index contributed by atoms with van der Waals surface area (Å²) in [5.74, 6) is 1.97. The molecule has 0 saturated carbocycles. The minimum atomic E-state index is -0.244. The van der Waals surface area contributed by atoms with Gasteiger partial charge in [0.25, 0.3) is 0 Å². The van der Waals surface area contributed by atoms with Crippen LogP contribution in [0.15, 0.2) is 72.8 Å². The molecule has 0 aliphatic carbocycles. The smallest absolute Gasteiger partial charge is 0.310 e. The van der Waals surface area contributed by atoms with Gasteiger partial charge in [0.1, 0.15) is 23.9 Å². The maximum atomic E-state index is 11.7. The fourth-order valence-electron chi connectivity index (χ4n) is 2.82. The van der Waals surface area contributed by atoms with Crippen LogP contribution in [0.5, 0.6) is 17.2 Å². The highest BCUT2D eigenvalue weighted by molar-refractivity contribution is 5.72. The second kappa shape index (κ2) is 9.60. The maximum Gasteiger partial charge on any atom is 0.310 e. The first-order valence-corrected chi connectivity index (χ1v) is 9.34. The van der Waals surface area contributed by atoms with Crippen LogP contribution < -0.4 is 9.47 Å². The minimum Gasteiger partial charge on any atom is -0.489 e. The number of para-hydroxylation sites is 1. The van der Waals surface area contributed by atoms with Crippen LogP contribution in [0.4, 0.5) is 0 Å². The normalized spacial score (nSPS) is 10.4. The molecule has 0 saturated heterocycles. The molecule has 28 heavy (non-hydrogen) atoms. The average Bonchev–Trinajstić information content (AvgIpc) is 2.69. The molecule has 3 aromatic carbocycles. The number of benzene rings is 3. The van der Waals surface area contributed by atoms with Crippen molar-refractivity contribution in [3.8, 4) is 17.2 Å². The topological polar surface area (TPSA) is 44.8 Å². The van der Waals surface area contributed by atoms with Crippen LogP contribution in [0.1, 0.15) is 23.6 Å². The van der Waals surface area contributed by atoms with Crippen molar-refractivity contribution < 1.29 is 19.0 Å². The number of aryl methyl sites for hydroxylation is 1. The van der Waals surface area contributed by atoms with E-state index in [1.54, 1.807) is 6.92 Å². The molecule has 144 valence electrons. The van der Waals surface area contributed by atoms with Gasteiger partial charge >= 0.3 is 5.97 Å². The third kappa shape index (κ3) is 5.61. The van der Waals surface area contributed by atoms with E-state index in [1.807, 2.05) is 73.7 Å². The first kappa shape index (κ1) is 19.5. The van der Waals surface area contributed by atoms with Crippen LogP contribution in [0.2, 0.25) is 0 Å². The van der Waals surface area contributed by atoms with E-state index in [1.165, 1.54) is 0 Å². The fraction of sp³-hybridized carbons (Fsp3) is 0.208. The van der Waals surface area contributed by atoms with Gasteiger partial charge in [0.2, 0.25) is 0 Å². The molecular weight excluding hydrogens is 352 g/mol. The fourth-order valence-corrected chi connectivity index (χ4v) is 2.82. The lowest BCUT2D eigenvalue weighted by atomic mass is 10.1. The third-order valence-corrected chi connectivity index (χ3v) is 4.13. The zero-order chi connectivity index (χ0) is 19.8. The Morgan fingerprint density at radius 3 is 2.46 bits per heavy atom. The maximum absolute atomic E-state index is 11.7. The Morgan fingerprint density at radius 1 is 0.893 bits per heavy atom. The van der Waals surface area contributed by atoms with Gasteiger partial charge in [-0.3, -0.25) is 4.79 Å². The molecule has 0 heterocycles. The number of hydrogen-bond donors (Lipinski definition) is 0. The van der Waals surface area contributed by atoms with Crippen LogP contribution in [-0.4, -0.2) is 12.6 Å². The molecule has 0 radical (unpaired) electrons. The second-order valence-corrected chi connectivity index (χ2v) is 6.44. The first-order chi connectivity index (χ1) is 13.6. The molecule has 0 atom stereocenters. The molecule has 0 aliphatic heterocycles. The summed E-state index contributed by atoms with van der Waals surface area (Å²) in [6.07, 6.45) is 0.225. The molecule has 0 unspecified atom stereocenters. The lowest BCUT2D eigenvalue weighted by Gasteiger charge is -2.14. The van der Waals surface area contributed by atoms with Gasteiger partial charge in [0.15, 0.2) is 0 Å². The van der Waals surface area contributed by atoms with Gasteiger partial charge in [-0.1, -0.05) is 42.0 Å². The number of rotatable bonds is 8. The molecule has 0 amide bonds. The quantitative estimate of drug-likeness (QED) is 0.489. The first-order valence-electron chi connectivity index (χ1n) is 9.34. The number of ether oxygens (including phenoxy) is 3. The van der Waals surface area contributed by atoms with Gasteiger partial charge in [-0.05, 0) is 55.8 Å². The summed E-state index contributed by atoms with van der Waals surface area (Å²) in [6, 6.07) is 23.2. The number of esters is 1. The molecule has 0 aliphatic rings. The summed E-state index contributed by atoms with van der Waals surface area (Å²) in [4.78, 5) is 11.7. The van der Waals surface area contributed by atoms with Crippen molar-refractivity contribution >= 4 is 5.97 Å². The summed E-state index contributed by atoms with van der Waals surface area (Å²) in [5.41, 5.74) is 2.94. The van der Waals surface area contributed by atoms with Crippen molar-refractivity contribution in [2.75, 3.05) is 6.61 Å². The van der Waals surface area contributed by atoms with E-state index in [0.29, 0.717) is 19.0 Å². The van der Waals surface area contributed by atoms with Gasteiger partial charge in [-0.25, -0.2) is 0 Å². The summed E-state index contributed by atoms with van der Waals surface area (Å²) >= 11 is 0. The van der Waals surface area contributed by atoms with Crippen molar-refractivity contribution in [3.63, 3.8) is 0 Å². The molecule has 0 fully saturated rings. The highest BCUT2D eigenvalue weighted by Crippen LogP contribution is 2.28. The standard InChI is InChI=1S/C24H24O4/c1-3-26-24(25)16-19-8-7-11-22(15-19)28-23-13-12-18(2)14-20(23)17-27-21-9-5-4-6-10-21/h4-15H,3,16-17H2,1-2H3. The van der Waals surface area contributed by atoms with E-state index in [4.69, 9.17) is 14.2 Å². The Bertz CT molecular complexity index is 919. The Morgan fingerprint density at radius 2 is 1.68 bits per heavy atom. The van der Waals surface area contributed by atoms with Crippen LogP contribution in [0.3, 0.4) is 0 Å². The van der Waals surface area contributed by atoms with Crippen LogP contribution >= 0.6 is 0 Å². The van der Waals surface area contributed by atoms with E-state index in [2.05, 4.69) is 6.07 Å². The van der Waals surface area contributed by atoms with E-state index < -0.39 is 0 Å². The summed E-state index contributed by atoms with van der Waals surface area (Å²) in [5, 5.41) is 0. The van der Waals surface area contributed by atoms with Crippen molar-refractivity contribution in [3.05, 3.63) is 89.5 Å². The average molecular weight is 376 g/mol. The molecule has 3 rings (SSSR count). The third-order valence-electron chi connectivity index (χ3n) is 4.13. The summed E-state index contributed by atoms with van der Waals surface area (Å²) < 4.78 is 17.0. The van der Waals surface area contributed by atoms with Crippen molar-refractivity contribution in [2.24, 2.45) is 0 Å². The molecule has 0 N–H and O–H groups in total. The largest absolute Gasteiger partial charge is 0.489 e. The highest BCUT2D eigenvalue weighted by atomic mass is 16.5. The van der Waals surface area contributed by atoms with Gasteiger partial charge in [0.05, 0.1) is 13.0 Å². The zero-order valence-electron chi connectivity index (χ0n) is 16.2. The molecule has 3 aromatic rings. The Labute approximate surface area is 165 Å². The van der Waals surface area contributed by atoms with E-state index in [-0.39, 0.29) is 12.4 Å². The zero-order valence-corrected chi connectivity index (χ0v) is 16.2. The van der Waals surface area contributed by atoms with Gasteiger partial charge in [-0.15, -0.1) is 0 Å². The van der Waals surface area contributed by atoms with Crippen LogP contribution in [0, 0.1) is 6.92 Å². The van der Waals surface area contributed by atoms with Gasteiger partial charge in [-0.2, -0.15) is 0 Å². The van der Waals surface area contributed by atoms with Gasteiger partial charge in [0, 0.05) is 5.56 Å². The molecular formula is C24H24O4. The SMILES string of the molecule is CCOC(=O)Cc1cccc(Oc2ccc(C)cc2COc2ccccc2)c1. The van der Waals surface area contributed by atoms with Crippen LogP contribution in [-0.2, 0) is 22.6 Å². The highest BCUT2D eigenvalue weighted by Gasteiger charge is 2.09. The molecule has 4 heteroatoms. The van der Waals surface area contributed by atoms with Crippen molar-refractivity contribution in [1.29, 1.82) is 0 Å². The summed E-state index contributed by atoms with van der Waals surface area (Å²) in [7, 11) is 0. The lowest BCUT2D eigenvalue weighted by Crippen LogP contribution is -2.07. The number of hydrogen-bond acceptors (Lipinski definition) is 4. The Kier molecular flexibility index (Phi) is 6.68. The molecule has 0 aromatic heterocycles. The van der Waals surface area contributed by atoms with E-state index >= 15 is 0 Å². The Hall–Kier alpha value is -3.27. The van der Waals surface area contributed by atoms with E-state index in [0.717, 1.165) is 28.2 Å². The monoisotopic (exact) mass is 376 g/mol. The number of carbonyl (C=O) groups is 1. The second-order valence-electron chi connectivity index (χ2n) is 6.44. The van der Waals surface area contributed by atoms with Crippen molar-refractivity contribution in [2.45, 2.75) is 26.9 Å².